The number of imide groups is 1. The summed E-state index contributed by atoms with van der Waals surface area (Å²) in [5.74, 6) is 0.946. The molecule has 2 amide bonds. The van der Waals surface area contributed by atoms with E-state index >= 15 is 0 Å². The SMILES string of the molecule is COc1ccc2c(c1)[C@]1(C[C@H]1c1ccc3c(Nc4cccc5c4OCC5O[Si](c4ccccc4)(c4ccccc4)C(C)(C)C)nn(C(=O)OC(C)(C)C)c3c1)C(=O)N2C(=O)OC(C)(C)C. The molecule has 6 aromatic rings. The molecule has 0 radical (unpaired) electrons. The van der Waals surface area contributed by atoms with Crippen LogP contribution in [0.1, 0.15) is 97.4 Å². The summed E-state index contributed by atoms with van der Waals surface area (Å²) in [6.07, 6.45) is -1.32. The van der Waals surface area contributed by atoms with Crippen molar-refractivity contribution in [2.24, 2.45) is 0 Å². The maximum absolute atomic E-state index is 14.5. The lowest BCUT2D eigenvalue weighted by Crippen LogP contribution is -2.67. The number of nitrogens with one attached hydrogen (secondary N) is 1. The normalized spacial score (nSPS) is 19.2. The first-order chi connectivity index (χ1) is 30.8. The number of carbonyl (C=O) groups is 3. The van der Waals surface area contributed by atoms with E-state index in [1.165, 1.54) is 15.1 Å². The Labute approximate surface area is 380 Å². The van der Waals surface area contributed by atoms with Gasteiger partial charge in [0.1, 0.15) is 35.4 Å². The van der Waals surface area contributed by atoms with Crippen LogP contribution in [-0.2, 0) is 24.1 Å². The second-order valence-corrected chi connectivity index (χ2v) is 24.4. The van der Waals surface area contributed by atoms with Crippen molar-refractivity contribution in [2.75, 3.05) is 23.9 Å². The number of methoxy groups -OCH3 is 1. The molecule has 9 rings (SSSR count). The van der Waals surface area contributed by atoms with Gasteiger partial charge in [-0.25, -0.2) is 14.5 Å². The fourth-order valence-corrected chi connectivity index (χ4v) is 14.3. The largest absolute Gasteiger partial charge is 0.497 e. The fourth-order valence-electron chi connectivity index (χ4n) is 9.64. The Morgan fingerprint density at radius 1 is 0.785 bits per heavy atom. The molecule has 1 saturated carbocycles. The third-order valence-corrected chi connectivity index (χ3v) is 17.5. The molecule has 5 aromatic carbocycles. The average molecular weight is 893 g/mol. The van der Waals surface area contributed by atoms with Crippen LogP contribution in [0.3, 0.4) is 0 Å². The molecule has 1 aliphatic carbocycles. The highest BCUT2D eigenvalue weighted by Crippen LogP contribution is 2.67. The molecule has 3 aliphatic rings. The van der Waals surface area contributed by atoms with Crippen LogP contribution >= 0.6 is 0 Å². The van der Waals surface area contributed by atoms with Crippen LogP contribution in [0, 0.1) is 0 Å². The van der Waals surface area contributed by atoms with E-state index in [1.54, 1.807) is 60.8 Å². The van der Waals surface area contributed by atoms with E-state index in [0.29, 0.717) is 58.2 Å². The van der Waals surface area contributed by atoms with Crippen LogP contribution < -0.4 is 30.1 Å². The van der Waals surface area contributed by atoms with E-state index in [4.69, 9.17) is 28.5 Å². The van der Waals surface area contributed by atoms with Gasteiger partial charge < -0.3 is 28.7 Å². The van der Waals surface area contributed by atoms with Crippen molar-refractivity contribution in [3.8, 4) is 11.5 Å². The molecule has 2 aliphatic heterocycles. The van der Waals surface area contributed by atoms with Gasteiger partial charge in [-0.15, -0.1) is 5.10 Å². The highest BCUT2D eigenvalue weighted by molar-refractivity contribution is 6.99. The summed E-state index contributed by atoms with van der Waals surface area (Å²) in [6.45, 7) is 17.8. The maximum Gasteiger partial charge on any atom is 0.435 e. The third-order valence-electron chi connectivity index (χ3n) is 12.5. The molecule has 0 bridgehead atoms. The van der Waals surface area contributed by atoms with E-state index in [0.717, 1.165) is 16.0 Å². The lowest BCUT2D eigenvalue weighted by molar-refractivity contribution is -0.120. The number of anilines is 3. The van der Waals surface area contributed by atoms with Crippen molar-refractivity contribution in [2.45, 2.75) is 102 Å². The zero-order chi connectivity index (χ0) is 46.3. The summed E-state index contributed by atoms with van der Waals surface area (Å²) in [5.41, 5.74) is 1.37. The molecule has 1 unspecified atom stereocenters. The number of benzene rings is 5. The zero-order valence-electron chi connectivity index (χ0n) is 38.6. The first kappa shape index (κ1) is 43.8. The van der Waals surface area contributed by atoms with Gasteiger partial charge in [0, 0.05) is 16.9 Å². The molecule has 336 valence electrons. The highest BCUT2D eigenvalue weighted by Gasteiger charge is 2.69. The van der Waals surface area contributed by atoms with Crippen LogP contribution in [0.4, 0.5) is 26.8 Å². The number of ether oxygens (including phenoxy) is 4. The average Bonchev–Trinajstić information content (AvgIpc) is 3.60. The monoisotopic (exact) mass is 892 g/mol. The standard InChI is InChI=1S/C52H56N4O8Si/c1-49(2,3)62-47(58)55-41-27-25-33(60-10)29-38(41)52(46(55)57)30-39(52)32-24-26-36-42(28-32)56(48(59)63-50(4,5)6)54-45(36)53-40-23-17-22-37-43(31-61-44(37)40)64-65(51(7,8)9,34-18-13-11-14-19-34)35-20-15-12-16-21-35/h11-29,39,43H,30-31H2,1-10H3,(H,53,54)/t39-,43?,52-/m0/s1. The minimum atomic E-state index is -2.93. The third kappa shape index (κ3) is 7.53. The molecule has 0 saturated heterocycles. The van der Waals surface area contributed by atoms with Crippen LogP contribution in [0.15, 0.2) is 115 Å². The molecule has 65 heavy (non-hydrogen) atoms. The Hall–Kier alpha value is -6.44. The molecule has 13 heteroatoms. The summed E-state index contributed by atoms with van der Waals surface area (Å²) in [4.78, 5) is 43.2. The smallest absolute Gasteiger partial charge is 0.435 e. The van der Waals surface area contributed by atoms with Crippen LogP contribution in [-0.4, -0.2) is 61.1 Å². The van der Waals surface area contributed by atoms with Gasteiger partial charge >= 0.3 is 12.2 Å². The predicted molar refractivity (Wildman–Crippen MR) is 254 cm³/mol. The van der Waals surface area contributed by atoms with Gasteiger partial charge in [-0.3, -0.25) is 4.79 Å². The van der Waals surface area contributed by atoms with Gasteiger partial charge in [0.15, 0.2) is 5.82 Å². The van der Waals surface area contributed by atoms with Gasteiger partial charge in [0.2, 0.25) is 5.91 Å². The minimum absolute atomic E-state index is 0.237. The first-order valence-corrected chi connectivity index (χ1v) is 24.0. The maximum atomic E-state index is 14.5. The summed E-state index contributed by atoms with van der Waals surface area (Å²) in [7, 11) is -1.36. The number of rotatable bonds is 8. The van der Waals surface area contributed by atoms with Gasteiger partial charge in [0.25, 0.3) is 8.32 Å². The Kier molecular flexibility index (Phi) is 10.5. The number of hydrogen-bond donors (Lipinski definition) is 1. The van der Waals surface area contributed by atoms with E-state index in [-0.39, 0.29) is 23.0 Å². The molecule has 1 N–H and O–H groups in total. The molecule has 1 aromatic heterocycles. The molecule has 12 nitrogen and oxygen atoms in total. The predicted octanol–water partition coefficient (Wildman–Crippen LogP) is 10.3. The molecule has 3 heterocycles. The molecule has 1 spiro atoms. The number of aromatic nitrogens is 2. The molecule has 1 fully saturated rings. The first-order valence-electron chi connectivity index (χ1n) is 22.1. The summed E-state index contributed by atoms with van der Waals surface area (Å²) in [5, 5.41) is 11.1. The lowest BCUT2D eigenvalue weighted by atomic mass is 9.91. The van der Waals surface area contributed by atoms with E-state index in [2.05, 4.69) is 74.6 Å². The van der Waals surface area contributed by atoms with Crippen molar-refractivity contribution in [3.63, 3.8) is 0 Å². The Balaban J connectivity index is 1.08. The fraction of sp³-hybridized carbons (Fsp3) is 0.346. The van der Waals surface area contributed by atoms with Crippen molar-refractivity contribution < 1.29 is 37.8 Å². The molecular weight excluding hydrogens is 837 g/mol. The van der Waals surface area contributed by atoms with Crippen molar-refractivity contribution in [3.05, 3.63) is 132 Å². The van der Waals surface area contributed by atoms with Crippen molar-refractivity contribution in [1.29, 1.82) is 0 Å². The second-order valence-electron chi connectivity index (χ2n) is 20.2. The number of carbonyl (C=O) groups excluding carboxylic acids is 3. The number of nitrogens with zero attached hydrogens (tertiary/aromatic N) is 3. The number of hydrogen-bond acceptors (Lipinski definition) is 10. The summed E-state index contributed by atoms with van der Waals surface area (Å²) < 4.78 is 32.5. The number of fused-ring (bicyclic) bond motifs is 4. The van der Waals surface area contributed by atoms with Gasteiger partial charge in [-0.2, -0.15) is 4.68 Å². The van der Waals surface area contributed by atoms with E-state index in [9.17, 15) is 14.4 Å². The zero-order valence-corrected chi connectivity index (χ0v) is 39.6. The van der Waals surface area contributed by atoms with Gasteiger partial charge in [-0.1, -0.05) is 99.6 Å². The molecule has 3 atom stereocenters. The van der Waals surface area contributed by atoms with Crippen LogP contribution in [0.2, 0.25) is 5.04 Å². The van der Waals surface area contributed by atoms with E-state index in [1.807, 2.05) is 54.6 Å². The van der Waals surface area contributed by atoms with Crippen LogP contribution in [0.5, 0.6) is 11.5 Å². The summed E-state index contributed by atoms with van der Waals surface area (Å²) in [6, 6.07) is 38.1. The van der Waals surface area contributed by atoms with Crippen LogP contribution in [0.25, 0.3) is 10.9 Å². The highest BCUT2D eigenvalue weighted by atomic mass is 28.4. The van der Waals surface area contributed by atoms with Gasteiger partial charge in [-0.05, 0) is 111 Å². The second kappa shape index (κ2) is 15.6. The lowest BCUT2D eigenvalue weighted by Gasteiger charge is -2.44. The Bertz CT molecular complexity index is 2800. The van der Waals surface area contributed by atoms with Crippen molar-refractivity contribution in [1.82, 2.24) is 9.78 Å². The summed E-state index contributed by atoms with van der Waals surface area (Å²) >= 11 is 0. The Morgan fingerprint density at radius 3 is 2.05 bits per heavy atom. The minimum Gasteiger partial charge on any atom is -0.497 e. The Morgan fingerprint density at radius 2 is 1.43 bits per heavy atom. The topological polar surface area (TPSA) is 130 Å². The number of amides is 2. The number of para-hydroxylation sites is 1. The molecular formula is C52H56N4O8Si. The van der Waals surface area contributed by atoms with Crippen molar-refractivity contribution >= 4 is 64.9 Å². The quantitative estimate of drug-likeness (QED) is 0.147. The van der Waals surface area contributed by atoms with E-state index < -0.39 is 37.1 Å². The van der Waals surface area contributed by atoms with Gasteiger partial charge in [0.05, 0.1) is 29.4 Å².